The van der Waals surface area contributed by atoms with E-state index >= 15 is 0 Å². The summed E-state index contributed by atoms with van der Waals surface area (Å²) < 4.78 is 5.01. The third-order valence-electron chi connectivity index (χ3n) is 3.98. The molecule has 0 spiro atoms. The van der Waals surface area contributed by atoms with Crippen molar-refractivity contribution in [2.75, 3.05) is 18.1 Å². The number of benzene rings is 1. The summed E-state index contributed by atoms with van der Waals surface area (Å²) in [7, 11) is 0. The van der Waals surface area contributed by atoms with Gasteiger partial charge in [0, 0.05) is 23.6 Å². The van der Waals surface area contributed by atoms with Crippen molar-refractivity contribution in [3.05, 3.63) is 65.5 Å². The summed E-state index contributed by atoms with van der Waals surface area (Å²) in [4.78, 5) is 22.1. The number of anilines is 1. The number of cyclic esters (lactones) is 1. The minimum absolute atomic E-state index is 0.285. The number of aromatic nitrogens is 1. The van der Waals surface area contributed by atoms with Crippen molar-refractivity contribution in [3.63, 3.8) is 0 Å². The van der Waals surface area contributed by atoms with Crippen LogP contribution in [-0.2, 0) is 11.3 Å². The Hall–Kier alpha value is -2.95. The maximum absolute atomic E-state index is 11.7. The molecule has 0 radical (unpaired) electrons. The molecule has 23 heavy (non-hydrogen) atoms. The van der Waals surface area contributed by atoms with Gasteiger partial charge >= 0.3 is 6.09 Å². The van der Waals surface area contributed by atoms with E-state index in [1.165, 1.54) is 5.56 Å². The molecule has 1 fully saturated rings. The highest BCUT2D eigenvalue weighted by Crippen LogP contribution is 2.27. The number of aliphatic imine (C=N–C) groups is 1. The van der Waals surface area contributed by atoms with Crippen LogP contribution >= 0.6 is 0 Å². The van der Waals surface area contributed by atoms with Gasteiger partial charge in [-0.15, -0.1) is 0 Å². The second-order valence-corrected chi connectivity index (χ2v) is 5.43. The number of carbonyl (C=O) groups excluding carboxylic acids is 1. The summed E-state index contributed by atoms with van der Waals surface area (Å²) in [6, 6.07) is 9.90. The molecule has 114 valence electrons. The van der Waals surface area contributed by atoms with Gasteiger partial charge < -0.3 is 4.74 Å². The zero-order chi connectivity index (χ0) is 15.6. The highest BCUT2D eigenvalue weighted by molar-refractivity contribution is 6.13. The van der Waals surface area contributed by atoms with Gasteiger partial charge in [0.2, 0.25) is 0 Å². The quantitative estimate of drug-likeness (QED) is 0.875. The fourth-order valence-corrected chi connectivity index (χ4v) is 2.78. The topological polar surface area (TPSA) is 54.8 Å². The maximum atomic E-state index is 11.7. The van der Waals surface area contributed by atoms with Crippen LogP contribution in [0.15, 0.2) is 53.8 Å². The average molecular weight is 305 g/mol. The maximum Gasteiger partial charge on any atom is 0.414 e. The molecule has 1 saturated heterocycles. The summed E-state index contributed by atoms with van der Waals surface area (Å²) in [6.45, 7) is 1.71. The van der Waals surface area contributed by atoms with Gasteiger partial charge in [-0.25, -0.2) is 4.79 Å². The van der Waals surface area contributed by atoms with Gasteiger partial charge in [-0.1, -0.05) is 18.2 Å². The third-order valence-corrected chi connectivity index (χ3v) is 3.98. The Kier molecular flexibility index (Phi) is 3.38. The minimum Gasteiger partial charge on any atom is -0.447 e. The van der Waals surface area contributed by atoms with Crippen LogP contribution in [0, 0.1) is 0 Å². The van der Waals surface area contributed by atoms with E-state index in [0.717, 1.165) is 22.5 Å². The lowest BCUT2D eigenvalue weighted by molar-refractivity contribution is 0.181. The molecule has 5 heteroatoms. The molecule has 2 aliphatic rings. The second kappa shape index (κ2) is 5.68. The predicted octanol–water partition coefficient (Wildman–Crippen LogP) is 3.05. The van der Waals surface area contributed by atoms with E-state index in [9.17, 15) is 4.79 Å². The van der Waals surface area contributed by atoms with E-state index in [0.29, 0.717) is 19.7 Å². The standard InChI is InChI=1S/C18H15N3O2/c22-18-21(8-9-23-18)15-5-4-14-12-20-17(16(14)10-15)6-3-13-2-1-7-19-11-13/h1-7,10-11H,8-9,12H2/b6-3+. The van der Waals surface area contributed by atoms with Gasteiger partial charge in [0.05, 0.1) is 18.8 Å². The van der Waals surface area contributed by atoms with Crippen LogP contribution < -0.4 is 4.90 Å². The number of pyridine rings is 1. The Balaban J connectivity index is 1.62. The SMILES string of the molecule is O=C1OCCN1c1ccc2c(c1)C(/C=C/c1cccnc1)=NC2. The van der Waals surface area contributed by atoms with Crippen LogP contribution in [0.1, 0.15) is 16.7 Å². The lowest BCUT2D eigenvalue weighted by atomic mass is 10.0. The first-order chi connectivity index (χ1) is 11.3. The molecule has 0 bridgehead atoms. The number of amides is 1. The van der Waals surface area contributed by atoms with Crippen LogP contribution in [0.25, 0.3) is 6.08 Å². The zero-order valence-corrected chi connectivity index (χ0v) is 12.5. The Morgan fingerprint density at radius 3 is 2.96 bits per heavy atom. The molecule has 0 N–H and O–H groups in total. The van der Waals surface area contributed by atoms with Crippen molar-refractivity contribution in [2.24, 2.45) is 4.99 Å². The van der Waals surface area contributed by atoms with Crippen molar-refractivity contribution in [1.82, 2.24) is 4.98 Å². The summed E-state index contributed by atoms with van der Waals surface area (Å²) >= 11 is 0. The van der Waals surface area contributed by atoms with E-state index < -0.39 is 0 Å². The molecular weight excluding hydrogens is 290 g/mol. The number of hydrogen-bond donors (Lipinski definition) is 0. The molecule has 0 aliphatic carbocycles. The molecule has 2 aliphatic heterocycles. The van der Waals surface area contributed by atoms with Crippen molar-refractivity contribution >= 4 is 23.6 Å². The molecular formula is C18H15N3O2. The fraction of sp³-hybridized carbons (Fsp3) is 0.167. The largest absolute Gasteiger partial charge is 0.447 e. The highest BCUT2D eigenvalue weighted by atomic mass is 16.6. The van der Waals surface area contributed by atoms with Crippen molar-refractivity contribution in [2.45, 2.75) is 6.54 Å². The summed E-state index contributed by atoms with van der Waals surface area (Å²) in [6.07, 6.45) is 7.27. The Morgan fingerprint density at radius 2 is 2.17 bits per heavy atom. The smallest absolute Gasteiger partial charge is 0.414 e. The van der Waals surface area contributed by atoms with Crippen LogP contribution in [0.2, 0.25) is 0 Å². The van der Waals surface area contributed by atoms with Crippen LogP contribution in [-0.4, -0.2) is 29.9 Å². The molecule has 0 atom stereocenters. The molecule has 2 aromatic rings. The van der Waals surface area contributed by atoms with Crippen molar-refractivity contribution in [3.8, 4) is 0 Å². The number of carbonyl (C=O) groups is 1. The van der Waals surface area contributed by atoms with Crippen molar-refractivity contribution < 1.29 is 9.53 Å². The van der Waals surface area contributed by atoms with E-state index in [-0.39, 0.29) is 6.09 Å². The molecule has 3 heterocycles. The number of hydrogen-bond acceptors (Lipinski definition) is 4. The summed E-state index contributed by atoms with van der Waals surface area (Å²) in [5.41, 5.74) is 5.06. The lowest BCUT2D eigenvalue weighted by Gasteiger charge is -2.14. The molecule has 4 rings (SSSR count). The number of rotatable bonds is 3. The molecule has 0 unspecified atom stereocenters. The minimum atomic E-state index is -0.285. The molecule has 1 aromatic carbocycles. The Morgan fingerprint density at radius 1 is 1.22 bits per heavy atom. The Bertz CT molecular complexity index is 812. The first-order valence-electron chi connectivity index (χ1n) is 7.51. The first-order valence-corrected chi connectivity index (χ1v) is 7.51. The van der Waals surface area contributed by atoms with Crippen LogP contribution in [0.5, 0.6) is 0 Å². The van der Waals surface area contributed by atoms with Crippen molar-refractivity contribution in [1.29, 1.82) is 0 Å². The van der Waals surface area contributed by atoms with Gasteiger partial charge in [-0.3, -0.25) is 14.9 Å². The van der Waals surface area contributed by atoms with E-state index in [2.05, 4.69) is 9.98 Å². The van der Waals surface area contributed by atoms with Gasteiger partial charge in [0.15, 0.2) is 0 Å². The molecule has 0 saturated carbocycles. The van der Waals surface area contributed by atoms with E-state index in [1.807, 2.05) is 48.7 Å². The molecule has 5 nitrogen and oxygen atoms in total. The fourth-order valence-electron chi connectivity index (χ4n) is 2.78. The normalized spacial score (nSPS) is 16.6. The molecule has 1 amide bonds. The predicted molar refractivity (Wildman–Crippen MR) is 88.6 cm³/mol. The highest BCUT2D eigenvalue weighted by Gasteiger charge is 2.25. The Labute approximate surface area is 133 Å². The van der Waals surface area contributed by atoms with Gasteiger partial charge in [-0.05, 0) is 35.4 Å². The molecule has 1 aromatic heterocycles. The van der Waals surface area contributed by atoms with Gasteiger partial charge in [-0.2, -0.15) is 0 Å². The first kappa shape index (κ1) is 13.7. The van der Waals surface area contributed by atoms with E-state index in [4.69, 9.17) is 4.74 Å². The summed E-state index contributed by atoms with van der Waals surface area (Å²) in [5, 5.41) is 0. The number of allylic oxidation sites excluding steroid dienone is 1. The van der Waals surface area contributed by atoms with Crippen LogP contribution in [0.4, 0.5) is 10.5 Å². The number of ether oxygens (including phenoxy) is 1. The second-order valence-electron chi connectivity index (χ2n) is 5.43. The van der Waals surface area contributed by atoms with Crippen LogP contribution in [0.3, 0.4) is 0 Å². The van der Waals surface area contributed by atoms with Gasteiger partial charge in [0.25, 0.3) is 0 Å². The zero-order valence-electron chi connectivity index (χ0n) is 12.5. The summed E-state index contributed by atoms with van der Waals surface area (Å²) in [5.74, 6) is 0. The number of fused-ring (bicyclic) bond motifs is 1. The lowest BCUT2D eigenvalue weighted by Crippen LogP contribution is -2.23. The number of nitrogens with zero attached hydrogens (tertiary/aromatic N) is 3. The van der Waals surface area contributed by atoms with E-state index in [1.54, 1.807) is 11.1 Å². The average Bonchev–Trinajstić information content (AvgIpc) is 3.19. The van der Waals surface area contributed by atoms with Gasteiger partial charge in [0.1, 0.15) is 6.61 Å². The third kappa shape index (κ3) is 2.61. The monoisotopic (exact) mass is 305 g/mol.